The summed E-state index contributed by atoms with van der Waals surface area (Å²) in [4.78, 5) is 24.5. The lowest BCUT2D eigenvalue weighted by molar-refractivity contribution is 0.129. The van der Waals surface area contributed by atoms with Gasteiger partial charge >= 0.3 is 11.8 Å². The second kappa shape index (κ2) is 9.32. The highest BCUT2D eigenvalue weighted by Crippen LogP contribution is 2.24. The van der Waals surface area contributed by atoms with E-state index in [1.54, 1.807) is 30.3 Å². The molecule has 1 amide bonds. The molecule has 0 atom stereocenters. The molecular formula is C21H23FN2O4. The predicted molar refractivity (Wildman–Crippen MR) is 105 cm³/mol. The summed E-state index contributed by atoms with van der Waals surface area (Å²) in [6.45, 7) is 3.77. The average Bonchev–Trinajstić information content (AvgIpc) is 3.02. The van der Waals surface area contributed by atoms with Crippen molar-refractivity contribution in [3.8, 4) is 11.1 Å². The molecule has 148 valence electrons. The molecule has 0 bridgehead atoms. The third kappa shape index (κ3) is 4.67. The van der Waals surface area contributed by atoms with E-state index in [0.29, 0.717) is 37.3 Å². The van der Waals surface area contributed by atoms with Crippen molar-refractivity contribution in [2.75, 3.05) is 19.8 Å². The van der Waals surface area contributed by atoms with Crippen LogP contribution in [0.25, 0.3) is 22.2 Å². The summed E-state index contributed by atoms with van der Waals surface area (Å²) in [5.41, 5.74) is 2.22. The van der Waals surface area contributed by atoms with Crippen LogP contribution in [-0.2, 0) is 4.74 Å². The fourth-order valence-electron chi connectivity index (χ4n) is 2.83. The van der Waals surface area contributed by atoms with Gasteiger partial charge in [0.15, 0.2) is 5.58 Å². The molecule has 0 fully saturated rings. The molecule has 0 aliphatic rings. The maximum Gasteiger partial charge on any atom is 0.428 e. The summed E-state index contributed by atoms with van der Waals surface area (Å²) in [5.74, 6) is -1.07. The van der Waals surface area contributed by atoms with Gasteiger partial charge in [0, 0.05) is 19.8 Å². The number of amides is 1. The number of rotatable bonds is 8. The quantitative estimate of drug-likeness (QED) is 0.590. The van der Waals surface area contributed by atoms with Crippen LogP contribution in [0.1, 0.15) is 26.2 Å². The molecule has 0 saturated heterocycles. The van der Waals surface area contributed by atoms with Crippen molar-refractivity contribution in [2.45, 2.75) is 26.2 Å². The van der Waals surface area contributed by atoms with Crippen molar-refractivity contribution in [2.24, 2.45) is 0 Å². The van der Waals surface area contributed by atoms with Gasteiger partial charge in [-0.05, 0) is 48.2 Å². The molecule has 0 aliphatic carbocycles. The molecule has 0 radical (unpaired) electrons. The summed E-state index contributed by atoms with van der Waals surface area (Å²) >= 11 is 0. The van der Waals surface area contributed by atoms with Gasteiger partial charge in [0.05, 0.1) is 5.52 Å². The Morgan fingerprint density at radius 3 is 2.57 bits per heavy atom. The average molecular weight is 386 g/mol. The number of benzene rings is 2. The van der Waals surface area contributed by atoms with Crippen LogP contribution in [0, 0.1) is 5.82 Å². The molecule has 3 aromatic rings. The first-order chi connectivity index (χ1) is 13.6. The minimum atomic E-state index is -0.747. The number of nitrogens with zero attached hydrogens (tertiary/aromatic N) is 1. The van der Waals surface area contributed by atoms with E-state index in [4.69, 9.17) is 9.15 Å². The van der Waals surface area contributed by atoms with E-state index >= 15 is 0 Å². The van der Waals surface area contributed by atoms with Gasteiger partial charge in [-0.15, -0.1) is 0 Å². The largest absolute Gasteiger partial charge is 0.428 e. The molecule has 1 aromatic heterocycles. The van der Waals surface area contributed by atoms with Crippen LogP contribution in [0.2, 0.25) is 0 Å². The fourth-order valence-corrected chi connectivity index (χ4v) is 2.83. The number of aromatic nitrogens is 1. The molecule has 3 rings (SSSR count). The molecule has 7 heteroatoms. The van der Waals surface area contributed by atoms with Crippen LogP contribution in [-0.4, -0.2) is 30.4 Å². The van der Waals surface area contributed by atoms with Gasteiger partial charge in [-0.3, -0.25) is 0 Å². The van der Waals surface area contributed by atoms with Gasteiger partial charge in [-0.1, -0.05) is 31.5 Å². The van der Waals surface area contributed by atoms with E-state index in [-0.39, 0.29) is 5.82 Å². The molecule has 6 nitrogen and oxygen atoms in total. The first kappa shape index (κ1) is 19.8. The molecule has 0 unspecified atom stereocenters. The fraction of sp³-hybridized carbons (Fsp3) is 0.333. The second-order valence-electron chi connectivity index (χ2n) is 6.44. The van der Waals surface area contributed by atoms with Crippen LogP contribution in [0.3, 0.4) is 0 Å². The number of hydrogen-bond donors (Lipinski definition) is 1. The predicted octanol–water partition coefficient (Wildman–Crippen LogP) is 4.17. The lowest BCUT2D eigenvalue weighted by Gasteiger charge is -2.06. The number of unbranched alkanes of at least 4 members (excludes halogenated alkanes) is 1. The summed E-state index contributed by atoms with van der Waals surface area (Å²) in [6.07, 6.45) is 2.76. The number of carbonyl (C=O) groups excluding carboxylic acids is 1. The van der Waals surface area contributed by atoms with Gasteiger partial charge in [0.25, 0.3) is 0 Å². The third-order valence-electron chi connectivity index (χ3n) is 4.35. The Kier molecular flexibility index (Phi) is 6.60. The van der Waals surface area contributed by atoms with Crippen LogP contribution in [0.5, 0.6) is 0 Å². The zero-order valence-corrected chi connectivity index (χ0v) is 15.7. The van der Waals surface area contributed by atoms with Gasteiger partial charge in [-0.25, -0.2) is 14.0 Å². The minimum absolute atomic E-state index is 0.296. The molecule has 0 spiro atoms. The Morgan fingerprint density at radius 2 is 1.82 bits per heavy atom. The van der Waals surface area contributed by atoms with E-state index in [9.17, 15) is 14.0 Å². The van der Waals surface area contributed by atoms with Crippen molar-refractivity contribution in [3.05, 3.63) is 58.8 Å². The van der Waals surface area contributed by atoms with Gasteiger partial charge in [-0.2, -0.15) is 4.57 Å². The Labute approximate surface area is 161 Å². The van der Waals surface area contributed by atoms with Crippen LogP contribution in [0.4, 0.5) is 9.18 Å². The van der Waals surface area contributed by atoms with E-state index in [2.05, 4.69) is 12.2 Å². The van der Waals surface area contributed by atoms with Crippen LogP contribution in [0.15, 0.2) is 51.7 Å². The maximum absolute atomic E-state index is 13.1. The summed E-state index contributed by atoms with van der Waals surface area (Å²) in [5, 5.41) is 2.70. The molecule has 2 aromatic carbocycles. The standard InChI is InChI=1S/C21H23FN2O4/c1-2-3-12-27-13-4-11-23-20(25)24-18-10-7-16(14-19(18)28-21(24)26)15-5-8-17(22)9-6-15/h5-10,14H,2-4,11-13H2,1H3,(H,23,25). The monoisotopic (exact) mass is 386 g/mol. The Balaban J connectivity index is 1.68. The number of ether oxygens (including phenoxy) is 1. The number of carbonyl (C=O) groups is 1. The van der Waals surface area contributed by atoms with E-state index in [1.807, 2.05) is 0 Å². The number of oxazole rings is 1. The van der Waals surface area contributed by atoms with Crippen LogP contribution < -0.4 is 11.1 Å². The van der Waals surface area contributed by atoms with E-state index < -0.39 is 11.8 Å². The van der Waals surface area contributed by atoms with Crippen molar-refractivity contribution < 1.29 is 18.3 Å². The highest BCUT2D eigenvalue weighted by molar-refractivity contribution is 5.90. The molecule has 28 heavy (non-hydrogen) atoms. The summed E-state index contributed by atoms with van der Waals surface area (Å²) in [7, 11) is 0. The SMILES string of the molecule is CCCCOCCCNC(=O)n1c(=O)oc2cc(-c3ccc(F)cc3)ccc21. The lowest BCUT2D eigenvalue weighted by Crippen LogP contribution is -2.35. The summed E-state index contributed by atoms with van der Waals surface area (Å²) < 4.78 is 24.7. The highest BCUT2D eigenvalue weighted by Gasteiger charge is 2.16. The van der Waals surface area contributed by atoms with Gasteiger partial charge < -0.3 is 14.5 Å². The first-order valence-electron chi connectivity index (χ1n) is 9.37. The lowest BCUT2D eigenvalue weighted by atomic mass is 10.1. The zero-order valence-electron chi connectivity index (χ0n) is 15.7. The van der Waals surface area contributed by atoms with E-state index in [0.717, 1.165) is 28.5 Å². The van der Waals surface area contributed by atoms with Crippen molar-refractivity contribution >= 4 is 17.1 Å². The number of fused-ring (bicyclic) bond motifs is 1. The smallest absolute Gasteiger partial charge is 0.407 e. The minimum Gasteiger partial charge on any atom is -0.407 e. The van der Waals surface area contributed by atoms with Crippen molar-refractivity contribution in [3.63, 3.8) is 0 Å². The Morgan fingerprint density at radius 1 is 1.11 bits per heavy atom. The van der Waals surface area contributed by atoms with Crippen LogP contribution >= 0.6 is 0 Å². The van der Waals surface area contributed by atoms with Gasteiger partial charge in [0.2, 0.25) is 0 Å². The molecule has 0 aliphatic heterocycles. The third-order valence-corrected chi connectivity index (χ3v) is 4.35. The normalized spacial score (nSPS) is 11.1. The number of nitrogens with one attached hydrogen (secondary N) is 1. The first-order valence-corrected chi connectivity index (χ1v) is 9.37. The Bertz CT molecular complexity index is 992. The zero-order chi connectivity index (χ0) is 19.9. The highest BCUT2D eigenvalue weighted by atomic mass is 19.1. The number of halogens is 1. The topological polar surface area (TPSA) is 73.5 Å². The summed E-state index contributed by atoms with van der Waals surface area (Å²) in [6, 6.07) is 10.5. The molecule has 1 N–H and O–H groups in total. The second-order valence-corrected chi connectivity index (χ2v) is 6.44. The van der Waals surface area contributed by atoms with E-state index in [1.165, 1.54) is 12.1 Å². The maximum atomic E-state index is 13.1. The Hall–Kier alpha value is -2.93. The molecular weight excluding hydrogens is 363 g/mol. The molecule has 1 heterocycles. The molecule has 0 saturated carbocycles. The number of hydrogen-bond acceptors (Lipinski definition) is 4. The van der Waals surface area contributed by atoms with Crippen molar-refractivity contribution in [1.29, 1.82) is 0 Å². The van der Waals surface area contributed by atoms with Crippen molar-refractivity contribution in [1.82, 2.24) is 9.88 Å². The van der Waals surface area contributed by atoms with Gasteiger partial charge in [0.1, 0.15) is 5.82 Å².